The fourth-order valence-electron chi connectivity index (χ4n) is 3.06. The number of carbonyl (C=O) groups is 1. The van der Waals surface area contributed by atoms with Crippen molar-refractivity contribution < 1.29 is 4.79 Å². The first-order valence-corrected chi connectivity index (χ1v) is 8.91. The van der Waals surface area contributed by atoms with Gasteiger partial charge in [-0.25, -0.2) is 9.97 Å². The van der Waals surface area contributed by atoms with Crippen molar-refractivity contribution in [2.75, 3.05) is 13.6 Å². The molecule has 0 unspecified atom stereocenters. The molecule has 6 heteroatoms. The molecule has 1 aliphatic rings. The molecule has 0 aromatic carbocycles. The van der Waals surface area contributed by atoms with Gasteiger partial charge in [0.1, 0.15) is 5.69 Å². The highest BCUT2D eigenvalue weighted by molar-refractivity contribution is 5.92. The lowest BCUT2D eigenvalue weighted by Crippen LogP contribution is -2.32. The smallest absolute Gasteiger partial charge is 0.272 e. The fraction of sp³-hybridized carbons (Fsp3) is 0.526. The van der Waals surface area contributed by atoms with Crippen LogP contribution in [0.3, 0.4) is 0 Å². The summed E-state index contributed by atoms with van der Waals surface area (Å²) in [6.07, 6.45) is 2.85. The topological polar surface area (TPSA) is 54.3 Å². The summed E-state index contributed by atoms with van der Waals surface area (Å²) < 4.78 is 2.19. The van der Waals surface area contributed by atoms with E-state index in [-0.39, 0.29) is 5.91 Å². The number of fused-ring (bicyclic) bond motifs is 1. The monoisotopic (exact) mass is 341 g/mol. The summed E-state index contributed by atoms with van der Waals surface area (Å²) in [6, 6.07) is 6.05. The minimum absolute atomic E-state index is 0.00140. The number of pyridine rings is 1. The SMILES string of the molecule is Cc1cccc(C(=O)N2CCCn3cnc(CN(C)C(C)C)c3C2)n1. The number of rotatable bonds is 4. The Morgan fingerprint density at radius 3 is 2.84 bits per heavy atom. The van der Waals surface area contributed by atoms with E-state index in [9.17, 15) is 4.79 Å². The number of hydrogen-bond donors (Lipinski definition) is 0. The molecule has 1 aliphatic heterocycles. The van der Waals surface area contributed by atoms with Gasteiger partial charge < -0.3 is 9.47 Å². The molecule has 0 spiro atoms. The molecule has 0 aliphatic carbocycles. The molecule has 0 fully saturated rings. The van der Waals surface area contributed by atoms with E-state index in [1.807, 2.05) is 30.3 Å². The van der Waals surface area contributed by atoms with Gasteiger partial charge in [0.05, 0.1) is 24.3 Å². The molecule has 0 saturated carbocycles. The predicted octanol–water partition coefficient (Wildman–Crippen LogP) is 2.47. The third kappa shape index (κ3) is 3.90. The van der Waals surface area contributed by atoms with Crippen molar-refractivity contribution in [1.82, 2.24) is 24.3 Å². The molecule has 0 N–H and O–H groups in total. The Morgan fingerprint density at radius 1 is 1.32 bits per heavy atom. The summed E-state index contributed by atoms with van der Waals surface area (Å²) in [7, 11) is 2.10. The van der Waals surface area contributed by atoms with Crippen molar-refractivity contribution in [1.29, 1.82) is 0 Å². The fourth-order valence-corrected chi connectivity index (χ4v) is 3.06. The second kappa shape index (κ2) is 7.35. The maximum Gasteiger partial charge on any atom is 0.272 e. The molecular weight excluding hydrogens is 314 g/mol. The summed E-state index contributed by atoms with van der Waals surface area (Å²) in [5.41, 5.74) is 3.60. The van der Waals surface area contributed by atoms with E-state index in [2.05, 4.69) is 40.3 Å². The van der Waals surface area contributed by atoms with Crippen molar-refractivity contribution in [3.8, 4) is 0 Å². The van der Waals surface area contributed by atoms with Crippen molar-refractivity contribution in [3.63, 3.8) is 0 Å². The van der Waals surface area contributed by atoms with Crippen LogP contribution in [0.1, 0.15) is 47.8 Å². The van der Waals surface area contributed by atoms with Crippen LogP contribution in [0.4, 0.5) is 0 Å². The van der Waals surface area contributed by atoms with E-state index >= 15 is 0 Å². The molecule has 0 saturated heterocycles. The number of carbonyl (C=O) groups excluding carboxylic acids is 1. The van der Waals surface area contributed by atoms with E-state index < -0.39 is 0 Å². The Morgan fingerprint density at radius 2 is 2.12 bits per heavy atom. The van der Waals surface area contributed by atoms with Gasteiger partial charge >= 0.3 is 0 Å². The Balaban J connectivity index is 1.82. The lowest BCUT2D eigenvalue weighted by molar-refractivity contribution is 0.0738. The quantitative estimate of drug-likeness (QED) is 0.857. The van der Waals surface area contributed by atoms with Gasteiger partial charge in [0, 0.05) is 31.4 Å². The maximum atomic E-state index is 12.9. The highest BCUT2D eigenvalue weighted by Crippen LogP contribution is 2.19. The van der Waals surface area contributed by atoms with Crippen LogP contribution in [0, 0.1) is 6.92 Å². The van der Waals surface area contributed by atoms with Crippen LogP contribution in [-0.2, 0) is 19.6 Å². The largest absolute Gasteiger partial charge is 0.333 e. The molecule has 134 valence electrons. The van der Waals surface area contributed by atoms with E-state index in [0.717, 1.165) is 43.1 Å². The van der Waals surface area contributed by atoms with E-state index in [1.165, 1.54) is 0 Å². The Kier molecular flexibility index (Phi) is 5.18. The summed E-state index contributed by atoms with van der Waals surface area (Å²) in [5, 5.41) is 0. The first-order valence-electron chi connectivity index (χ1n) is 8.91. The molecule has 2 aromatic rings. The first kappa shape index (κ1) is 17.6. The van der Waals surface area contributed by atoms with Gasteiger partial charge in [-0.15, -0.1) is 0 Å². The van der Waals surface area contributed by atoms with E-state index in [1.54, 1.807) is 6.07 Å². The van der Waals surface area contributed by atoms with Gasteiger partial charge in [-0.3, -0.25) is 9.69 Å². The molecule has 3 heterocycles. The zero-order valence-electron chi connectivity index (χ0n) is 15.6. The molecule has 2 aromatic heterocycles. The van der Waals surface area contributed by atoms with Crippen molar-refractivity contribution in [2.24, 2.45) is 0 Å². The van der Waals surface area contributed by atoms with Crippen LogP contribution in [0.15, 0.2) is 24.5 Å². The minimum Gasteiger partial charge on any atom is -0.333 e. The zero-order valence-corrected chi connectivity index (χ0v) is 15.6. The van der Waals surface area contributed by atoms with Crippen LogP contribution in [0.2, 0.25) is 0 Å². The summed E-state index contributed by atoms with van der Waals surface area (Å²) in [5.74, 6) is 0.00140. The molecule has 3 rings (SSSR count). The maximum absolute atomic E-state index is 12.9. The van der Waals surface area contributed by atoms with Gasteiger partial charge in [-0.1, -0.05) is 6.07 Å². The predicted molar refractivity (Wildman–Crippen MR) is 97.2 cm³/mol. The highest BCUT2D eigenvalue weighted by Gasteiger charge is 2.24. The molecule has 1 amide bonds. The van der Waals surface area contributed by atoms with Crippen LogP contribution in [0.5, 0.6) is 0 Å². The molecular formula is C19H27N5O. The highest BCUT2D eigenvalue weighted by atomic mass is 16.2. The number of hydrogen-bond acceptors (Lipinski definition) is 4. The molecule has 0 bridgehead atoms. The average molecular weight is 341 g/mol. The molecule has 25 heavy (non-hydrogen) atoms. The number of nitrogens with zero attached hydrogens (tertiary/aromatic N) is 5. The molecule has 6 nitrogen and oxygen atoms in total. The molecule has 0 atom stereocenters. The van der Waals surface area contributed by atoms with Crippen LogP contribution >= 0.6 is 0 Å². The Hall–Kier alpha value is -2.21. The van der Waals surface area contributed by atoms with Crippen LogP contribution < -0.4 is 0 Å². The third-order valence-corrected chi connectivity index (χ3v) is 4.88. The zero-order chi connectivity index (χ0) is 18.0. The van der Waals surface area contributed by atoms with Gasteiger partial charge in [0.25, 0.3) is 5.91 Å². The van der Waals surface area contributed by atoms with Crippen molar-refractivity contribution in [2.45, 2.75) is 52.9 Å². The number of imidazole rings is 1. The summed E-state index contributed by atoms with van der Waals surface area (Å²) >= 11 is 0. The van der Waals surface area contributed by atoms with Crippen molar-refractivity contribution in [3.05, 3.63) is 47.3 Å². The van der Waals surface area contributed by atoms with E-state index in [0.29, 0.717) is 18.3 Å². The van der Waals surface area contributed by atoms with Gasteiger partial charge in [-0.2, -0.15) is 0 Å². The molecule has 0 radical (unpaired) electrons. The lowest BCUT2D eigenvalue weighted by atomic mass is 10.2. The summed E-state index contributed by atoms with van der Waals surface area (Å²) in [4.78, 5) is 26.1. The van der Waals surface area contributed by atoms with Crippen LogP contribution in [-0.4, -0.2) is 49.9 Å². The number of aryl methyl sites for hydroxylation is 2. The van der Waals surface area contributed by atoms with Gasteiger partial charge in [0.2, 0.25) is 0 Å². The van der Waals surface area contributed by atoms with Crippen molar-refractivity contribution >= 4 is 5.91 Å². The summed E-state index contributed by atoms with van der Waals surface area (Å²) in [6.45, 7) is 9.30. The van der Waals surface area contributed by atoms with Gasteiger partial charge in [0.15, 0.2) is 0 Å². The third-order valence-electron chi connectivity index (χ3n) is 4.88. The second-order valence-electron chi connectivity index (χ2n) is 7.08. The Bertz CT molecular complexity index is 752. The second-order valence-corrected chi connectivity index (χ2v) is 7.08. The van der Waals surface area contributed by atoms with E-state index in [4.69, 9.17) is 0 Å². The van der Waals surface area contributed by atoms with Gasteiger partial charge in [-0.05, 0) is 46.4 Å². The van der Waals surface area contributed by atoms with Crippen LogP contribution in [0.25, 0.3) is 0 Å². The average Bonchev–Trinajstić information content (AvgIpc) is 2.82. The number of aromatic nitrogens is 3. The lowest BCUT2D eigenvalue weighted by Gasteiger charge is -2.23. The normalized spacial score (nSPS) is 14.7. The standard InChI is InChI=1S/C19H27N5O/c1-14(2)22(4)11-17-18-12-23(9-6-10-24(18)13-20-17)19(25)16-8-5-7-15(3)21-16/h5,7-8,13-14H,6,9-12H2,1-4H3. The Labute approximate surface area is 149 Å². The minimum atomic E-state index is 0.00140. The number of amides is 1. The first-order chi connectivity index (χ1) is 12.0.